The summed E-state index contributed by atoms with van der Waals surface area (Å²) in [7, 11) is -4.10. The van der Waals surface area contributed by atoms with Crippen molar-refractivity contribution in [2.24, 2.45) is 26.9 Å². The molecule has 0 bridgehead atoms. The predicted molar refractivity (Wildman–Crippen MR) is 61.3 cm³/mol. The Bertz CT molecular complexity index is 226. The molecule has 0 fully saturated rings. The molecular formula is C3H16N7OP3. The zero-order valence-corrected chi connectivity index (χ0v) is 10.7. The summed E-state index contributed by atoms with van der Waals surface area (Å²) >= 11 is 0. The highest BCUT2D eigenvalue weighted by Gasteiger charge is 2.32. The fourth-order valence-electron chi connectivity index (χ4n) is 0.774. The van der Waals surface area contributed by atoms with Gasteiger partial charge in [0.1, 0.15) is 8.01 Å². The monoisotopic (exact) mass is 259 g/mol. The highest BCUT2D eigenvalue weighted by molar-refractivity contribution is 7.76. The number of hydrazine groups is 1. The number of nitrogens with two attached hydrogens (primary N) is 4. The number of hydrogen-bond donors (Lipinski definition) is 4. The van der Waals surface area contributed by atoms with E-state index in [0.717, 1.165) is 6.42 Å². The maximum atomic E-state index is 5.83. The van der Waals surface area contributed by atoms with Gasteiger partial charge in [0, 0.05) is 0 Å². The zero-order chi connectivity index (χ0) is 10.7. The first-order valence-electron chi connectivity index (χ1n) is 3.99. The van der Waals surface area contributed by atoms with Crippen LogP contribution in [0.3, 0.4) is 0 Å². The van der Waals surface area contributed by atoms with Gasteiger partial charge in [0.2, 0.25) is 0 Å². The molecule has 8 nitrogen and oxygen atoms in total. The van der Waals surface area contributed by atoms with Crippen molar-refractivity contribution in [2.45, 2.75) is 13.3 Å². The minimum atomic E-state index is -1.61. The maximum absolute atomic E-state index is 5.83. The molecule has 1 rings (SSSR count). The van der Waals surface area contributed by atoms with Crippen LogP contribution < -0.4 is 22.4 Å². The Labute approximate surface area is 86.2 Å². The molecule has 1 heterocycles. The molecule has 84 valence electrons. The van der Waals surface area contributed by atoms with Gasteiger partial charge < -0.3 is 0 Å². The number of rotatable bonds is 3. The molecule has 0 radical (unpaired) electrons. The first-order valence-corrected chi connectivity index (χ1v) is 8.09. The van der Waals surface area contributed by atoms with E-state index < -0.39 is 24.8 Å². The van der Waals surface area contributed by atoms with Crippen molar-refractivity contribution in [3.8, 4) is 0 Å². The lowest BCUT2D eigenvalue weighted by atomic mass is 10.5. The second-order valence-corrected chi connectivity index (χ2v) is 7.65. The van der Waals surface area contributed by atoms with E-state index in [-0.39, 0.29) is 0 Å². The van der Waals surface area contributed by atoms with Crippen molar-refractivity contribution in [3.63, 3.8) is 0 Å². The van der Waals surface area contributed by atoms with Crippen molar-refractivity contribution in [1.82, 2.24) is 9.15 Å². The molecule has 3 unspecified atom stereocenters. The molecule has 0 amide bonds. The molecule has 3 atom stereocenters. The van der Waals surface area contributed by atoms with Gasteiger partial charge in [-0.15, -0.1) is 4.55 Å². The molecular weight excluding hydrogens is 243 g/mol. The maximum Gasteiger partial charge on any atom is 0.184 e. The van der Waals surface area contributed by atoms with Crippen LogP contribution in [0.25, 0.3) is 0 Å². The molecule has 0 aromatic carbocycles. The molecule has 8 N–H and O–H groups in total. The SMILES string of the molecule is CCCON1P(N)N(N)P(N)N=[PH]1N. The predicted octanol–water partition coefficient (Wildman–Crippen LogP) is 0.377. The Morgan fingerprint density at radius 3 is 2.71 bits per heavy atom. The molecule has 11 heteroatoms. The second kappa shape index (κ2) is 5.77. The fourth-order valence-corrected chi connectivity index (χ4v) is 5.92. The van der Waals surface area contributed by atoms with Gasteiger partial charge in [-0.1, -0.05) is 11.5 Å². The molecule has 1 aliphatic heterocycles. The largest absolute Gasteiger partial charge is 0.287 e. The van der Waals surface area contributed by atoms with Crippen LogP contribution in [0.4, 0.5) is 0 Å². The van der Waals surface area contributed by atoms with Crippen molar-refractivity contribution in [1.29, 1.82) is 0 Å². The summed E-state index contributed by atoms with van der Waals surface area (Å²) in [6, 6.07) is 0. The summed E-state index contributed by atoms with van der Waals surface area (Å²) in [5.41, 5.74) is 17.3. The van der Waals surface area contributed by atoms with E-state index >= 15 is 0 Å². The third kappa shape index (κ3) is 2.90. The smallest absolute Gasteiger partial charge is 0.184 e. The van der Waals surface area contributed by atoms with Crippen LogP contribution >= 0.6 is 24.8 Å². The van der Waals surface area contributed by atoms with Crippen LogP contribution in [0, 0.1) is 0 Å². The summed E-state index contributed by atoms with van der Waals surface area (Å²) in [5, 5.41) is 0. The summed E-state index contributed by atoms with van der Waals surface area (Å²) in [4.78, 5) is 5.37. The Balaban J connectivity index is 2.68. The Morgan fingerprint density at radius 2 is 2.14 bits per heavy atom. The average Bonchev–Trinajstić information content (AvgIpc) is 2.14. The van der Waals surface area contributed by atoms with E-state index in [1.54, 1.807) is 0 Å². The van der Waals surface area contributed by atoms with E-state index in [9.17, 15) is 0 Å². The van der Waals surface area contributed by atoms with Crippen LogP contribution in [0.15, 0.2) is 4.52 Å². The van der Waals surface area contributed by atoms with Crippen LogP contribution in [0.1, 0.15) is 13.3 Å². The van der Waals surface area contributed by atoms with Gasteiger partial charge in [-0.2, -0.15) is 0 Å². The van der Waals surface area contributed by atoms with Crippen LogP contribution in [0.2, 0.25) is 0 Å². The summed E-state index contributed by atoms with van der Waals surface area (Å²) < 4.78 is 6.95. The molecule has 0 aromatic heterocycles. The van der Waals surface area contributed by atoms with Gasteiger partial charge in [-0.25, -0.2) is 4.52 Å². The highest BCUT2D eigenvalue weighted by Crippen LogP contribution is 2.60. The van der Waals surface area contributed by atoms with E-state index in [1.807, 2.05) is 6.92 Å². The third-order valence-electron chi connectivity index (χ3n) is 1.42. The third-order valence-corrected chi connectivity index (χ3v) is 7.24. The normalized spacial score (nSPS) is 35.6. The molecule has 0 saturated heterocycles. The van der Waals surface area contributed by atoms with Crippen molar-refractivity contribution in [3.05, 3.63) is 0 Å². The number of hydrogen-bond acceptors (Lipinski definition) is 8. The topological polar surface area (TPSA) is 132 Å². The minimum Gasteiger partial charge on any atom is -0.287 e. The van der Waals surface area contributed by atoms with Crippen LogP contribution in [-0.2, 0) is 4.84 Å². The summed E-state index contributed by atoms with van der Waals surface area (Å²) in [5.74, 6) is 5.63. The van der Waals surface area contributed by atoms with Gasteiger partial charge in [-0.3, -0.25) is 27.2 Å². The molecule has 1 aliphatic rings. The first-order chi connectivity index (χ1) is 6.57. The van der Waals surface area contributed by atoms with Gasteiger partial charge in [-0.05, 0) is 6.42 Å². The molecule has 14 heavy (non-hydrogen) atoms. The first kappa shape index (κ1) is 12.9. The summed E-state index contributed by atoms with van der Waals surface area (Å²) in [6.45, 7) is 2.56. The molecule has 0 aromatic rings. The lowest BCUT2D eigenvalue weighted by Crippen LogP contribution is -2.35. The van der Waals surface area contributed by atoms with Crippen molar-refractivity contribution in [2.75, 3.05) is 6.61 Å². The quantitative estimate of drug-likeness (QED) is 0.425. The fraction of sp³-hybridized carbons (Fsp3) is 1.00. The second-order valence-electron chi connectivity index (χ2n) is 2.53. The van der Waals surface area contributed by atoms with Gasteiger partial charge in [0.15, 0.2) is 16.7 Å². The number of nitrogens with zero attached hydrogens (tertiary/aromatic N) is 3. The lowest BCUT2D eigenvalue weighted by molar-refractivity contribution is -0.0113. The van der Waals surface area contributed by atoms with Crippen molar-refractivity contribution >= 4 is 24.8 Å². The van der Waals surface area contributed by atoms with Crippen LogP contribution in [0.5, 0.6) is 0 Å². The van der Waals surface area contributed by atoms with E-state index in [4.69, 9.17) is 27.2 Å². The van der Waals surface area contributed by atoms with Crippen molar-refractivity contribution < 1.29 is 4.84 Å². The van der Waals surface area contributed by atoms with E-state index in [2.05, 4.69) is 4.52 Å². The Morgan fingerprint density at radius 1 is 1.50 bits per heavy atom. The average molecular weight is 259 g/mol. The van der Waals surface area contributed by atoms with Crippen LogP contribution in [-0.4, -0.2) is 15.8 Å². The minimum absolute atomic E-state index is 0.563. The lowest BCUT2D eigenvalue weighted by Gasteiger charge is -2.37. The molecule has 0 saturated carbocycles. The summed E-state index contributed by atoms with van der Waals surface area (Å²) in [6.07, 6.45) is 0.886. The van der Waals surface area contributed by atoms with Gasteiger partial charge >= 0.3 is 0 Å². The Kier molecular flexibility index (Phi) is 5.31. The molecule has 0 spiro atoms. The van der Waals surface area contributed by atoms with E-state index in [0.29, 0.717) is 6.61 Å². The Hall–Kier alpha value is 0.810. The zero-order valence-electron chi connectivity index (χ0n) is 7.87. The highest BCUT2D eigenvalue weighted by atomic mass is 31.2. The van der Waals surface area contributed by atoms with E-state index in [1.165, 1.54) is 9.15 Å². The molecule has 0 aliphatic carbocycles. The van der Waals surface area contributed by atoms with Gasteiger partial charge in [0.05, 0.1) is 6.61 Å². The standard InChI is InChI=1S/C3H16N7OP3/c1-2-3-11-10-13(6)8-12(5)9(4)14(10)7/h13H,2-5,7H2,1H3,(H2,6,8). The van der Waals surface area contributed by atoms with Gasteiger partial charge in [0.25, 0.3) is 0 Å².